The fourth-order valence-corrected chi connectivity index (χ4v) is 2.74. The van der Waals surface area contributed by atoms with Gasteiger partial charge in [0.2, 0.25) is 0 Å². The number of benzene rings is 1. The van der Waals surface area contributed by atoms with Gasteiger partial charge >= 0.3 is 0 Å². The van der Waals surface area contributed by atoms with Gasteiger partial charge in [0.25, 0.3) is 11.8 Å². The summed E-state index contributed by atoms with van der Waals surface area (Å²) in [5.74, 6) is -0.668. The molecule has 28 heavy (non-hydrogen) atoms. The van der Waals surface area contributed by atoms with E-state index >= 15 is 0 Å². The number of methoxy groups -OCH3 is 1. The Kier molecular flexibility index (Phi) is 8.42. The molecule has 0 aliphatic carbocycles. The van der Waals surface area contributed by atoms with Crippen molar-refractivity contribution in [1.29, 1.82) is 0 Å². The Hall–Kier alpha value is -2.93. The van der Waals surface area contributed by atoms with Crippen LogP contribution in [0.15, 0.2) is 42.5 Å². The highest BCUT2D eigenvalue weighted by Gasteiger charge is 2.12. The molecule has 0 bridgehead atoms. The number of ether oxygens (including phenoxy) is 1. The molecule has 0 atom stereocenters. The molecule has 2 N–H and O–H groups in total. The van der Waals surface area contributed by atoms with Crippen LogP contribution in [-0.4, -0.2) is 50.1 Å². The first-order chi connectivity index (χ1) is 13.6. The average molecular weight is 384 g/mol. The van der Waals surface area contributed by atoms with Crippen molar-refractivity contribution < 1.29 is 14.3 Å². The Morgan fingerprint density at radius 3 is 2.25 bits per heavy atom. The predicted octanol–water partition coefficient (Wildman–Crippen LogP) is 2.95. The first-order valence-corrected chi connectivity index (χ1v) is 9.49. The molecule has 0 fully saturated rings. The molecule has 2 aromatic rings. The quantitative estimate of drug-likeness (QED) is 0.616. The van der Waals surface area contributed by atoms with E-state index in [9.17, 15) is 9.59 Å². The summed E-state index contributed by atoms with van der Waals surface area (Å²) in [5, 5.41) is 5.58. The van der Waals surface area contributed by atoms with Crippen LogP contribution in [0.2, 0.25) is 0 Å². The van der Waals surface area contributed by atoms with Crippen LogP contribution >= 0.6 is 0 Å². The fraction of sp³-hybridized carbons (Fsp3) is 0.381. The summed E-state index contributed by atoms with van der Waals surface area (Å²) in [5.41, 5.74) is 2.18. The van der Waals surface area contributed by atoms with E-state index in [0.29, 0.717) is 25.3 Å². The lowest BCUT2D eigenvalue weighted by Gasteiger charge is -2.21. The van der Waals surface area contributed by atoms with Crippen LogP contribution in [0.4, 0.5) is 11.4 Å². The van der Waals surface area contributed by atoms with Gasteiger partial charge in [0.15, 0.2) is 0 Å². The predicted molar refractivity (Wildman–Crippen MR) is 111 cm³/mol. The number of nitrogens with zero attached hydrogens (tertiary/aromatic N) is 2. The third-order valence-corrected chi connectivity index (χ3v) is 4.28. The maximum atomic E-state index is 12.5. The Morgan fingerprint density at radius 2 is 1.64 bits per heavy atom. The Morgan fingerprint density at radius 1 is 1.00 bits per heavy atom. The molecule has 0 unspecified atom stereocenters. The zero-order valence-electron chi connectivity index (χ0n) is 16.7. The SMILES string of the molecule is CCN(CC)c1ccc(NC(=O)c2cccc(C(=O)NCCCOC)n2)cc1. The molecule has 2 rings (SSSR count). The number of carbonyl (C=O) groups is 2. The van der Waals surface area contributed by atoms with Gasteiger partial charge in [-0.15, -0.1) is 0 Å². The second kappa shape index (κ2) is 11.0. The second-order valence-electron chi connectivity index (χ2n) is 6.18. The normalized spacial score (nSPS) is 10.4. The van der Waals surface area contributed by atoms with Gasteiger partial charge in [-0.2, -0.15) is 0 Å². The van der Waals surface area contributed by atoms with E-state index in [0.717, 1.165) is 18.8 Å². The molecule has 7 heteroatoms. The molecular weight excluding hydrogens is 356 g/mol. The lowest BCUT2D eigenvalue weighted by Crippen LogP contribution is -2.27. The van der Waals surface area contributed by atoms with Gasteiger partial charge in [-0.1, -0.05) is 6.07 Å². The summed E-state index contributed by atoms with van der Waals surface area (Å²) in [4.78, 5) is 31.0. The highest BCUT2D eigenvalue weighted by atomic mass is 16.5. The largest absolute Gasteiger partial charge is 0.385 e. The smallest absolute Gasteiger partial charge is 0.274 e. The number of anilines is 2. The minimum absolute atomic E-state index is 0.192. The van der Waals surface area contributed by atoms with Crippen molar-refractivity contribution in [3.8, 4) is 0 Å². The van der Waals surface area contributed by atoms with Crippen LogP contribution in [0.1, 0.15) is 41.2 Å². The Labute approximate surface area is 166 Å². The van der Waals surface area contributed by atoms with E-state index in [4.69, 9.17) is 4.74 Å². The molecule has 7 nitrogen and oxygen atoms in total. The first-order valence-electron chi connectivity index (χ1n) is 9.49. The molecule has 1 aromatic carbocycles. The summed E-state index contributed by atoms with van der Waals surface area (Å²) in [7, 11) is 1.61. The molecule has 1 heterocycles. The van der Waals surface area contributed by atoms with E-state index in [-0.39, 0.29) is 23.2 Å². The number of carbonyl (C=O) groups excluding carboxylic acids is 2. The summed E-state index contributed by atoms with van der Waals surface area (Å²) in [6.07, 6.45) is 0.714. The third-order valence-electron chi connectivity index (χ3n) is 4.28. The maximum Gasteiger partial charge on any atom is 0.274 e. The second-order valence-corrected chi connectivity index (χ2v) is 6.18. The van der Waals surface area contributed by atoms with Gasteiger partial charge < -0.3 is 20.3 Å². The molecule has 0 aliphatic rings. The summed E-state index contributed by atoms with van der Waals surface area (Å²) in [6.45, 7) is 7.11. The average Bonchev–Trinajstić information content (AvgIpc) is 2.73. The van der Waals surface area contributed by atoms with Gasteiger partial charge in [0, 0.05) is 44.7 Å². The molecule has 0 saturated heterocycles. The van der Waals surface area contributed by atoms with Crippen molar-refractivity contribution in [2.45, 2.75) is 20.3 Å². The molecule has 0 spiro atoms. The number of aromatic nitrogens is 1. The van der Waals surface area contributed by atoms with Gasteiger partial charge in [0.1, 0.15) is 11.4 Å². The highest BCUT2D eigenvalue weighted by Crippen LogP contribution is 2.18. The lowest BCUT2D eigenvalue weighted by atomic mass is 10.2. The van der Waals surface area contributed by atoms with Crippen LogP contribution in [0, 0.1) is 0 Å². The lowest BCUT2D eigenvalue weighted by molar-refractivity contribution is 0.0943. The number of hydrogen-bond acceptors (Lipinski definition) is 5. The topological polar surface area (TPSA) is 83.6 Å². The molecule has 2 amide bonds. The van der Waals surface area contributed by atoms with Crippen LogP contribution in [0.25, 0.3) is 0 Å². The molecule has 0 aliphatic heterocycles. The van der Waals surface area contributed by atoms with Crippen molar-refractivity contribution >= 4 is 23.2 Å². The van der Waals surface area contributed by atoms with E-state index in [2.05, 4.69) is 34.4 Å². The van der Waals surface area contributed by atoms with Gasteiger partial charge in [-0.3, -0.25) is 9.59 Å². The molecule has 150 valence electrons. The Bertz CT molecular complexity index is 773. The zero-order valence-corrected chi connectivity index (χ0v) is 16.7. The number of nitrogens with one attached hydrogen (secondary N) is 2. The molecule has 0 saturated carbocycles. The van der Waals surface area contributed by atoms with Gasteiger partial charge in [0.05, 0.1) is 0 Å². The van der Waals surface area contributed by atoms with E-state index < -0.39 is 0 Å². The van der Waals surface area contributed by atoms with Crippen molar-refractivity contribution in [3.05, 3.63) is 53.9 Å². The third kappa shape index (κ3) is 6.06. The number of amides is 2. The van der Waals surface area contributed by atoms with Crippen LogP contribution in [0.3, 0.4) is 0 Å². The van der Waals surface area contributed by atoms with Gasteiger partial charge in [-0.25, -0.2) is 4.98 Å². The highest BCUT2D eigenvalue weighted by molar-refractivity contribution is 6.03. The van der Waals surface area contributed by atoms with Crippen molar-refractivity contribution in [1.82, 2.24) is 10.3 Å². The Balaban J connectivity index is 1.99. The van der Waals surface area contributed by atoms with Crippen molar-refractivity contribution in [2.24, 2.45) is 0 Å². The molecular formula is C21H28N4O3. The van der Waals surface area contributed by atoms with Crippen molar-refractivity contribution in [2.75, 3.05) is 43.6 Å². The van der Waals surface area contributed by atoms with Crippen molar-refractivity contribution in [3.63, 3.8) is 0 Å². The van der Waals surface area contributed by atoms with Crippen LogP contribution in [0.5, 0.6) is 0 Å². The minimum Gasteiger partial charge on any atom is -0.385 e. The summed E-state index contributed by atoms with van der Waals surface area (Å²) in [6, 6.07) is 12.5. The summed E-state index contributed by atoms with van der Waals surface area (Å²) < 4.78 is 4.95. The molecule has 0 radical (unpaired) electrons. The first kappa shape index (κ1) is 21.4. The van der Waals surface area contributed by atoms with E-state index in [1.807, 2.05) is 24.3 Å². The number of hydrogen-bond donors (Lipinski definition) is 2. The zero-order chi connectivity index (χ0) is 20.4. The van der Waals surface area contributed by atoms with E-state index in [1.165, 1.54) is 0 Å². The fourth-order valence-electron chi connectivity index (χ4n) is 2.74. The van der Waals surface area contributed by atoms with Crippen LogP contribution in [-0.2, 0) is 4.74 Å². The summed E-state index contributed by atoms with van der Waals surface area (Å²) >= 11 is 0. The number of rotatable bonds is 10. The standard InChI is InChI=1S/C21H28N4O3/c1-4-25(5-2)17-12-10-16(11-13-17)23-21(27)19-9-6-8-18(24-19)20(26)22-14-7-15-28-3/h6,8-13H,4-5,7,14-15H2,1-3H3,(H,22,26)(H,23,27). The monoisotopic (exact) mass is 384 g/mol. The molecule has 1 aromatic heterocycles. The van der Waals surface area contributed by atoms with Crippen LogP contribution < -0.4 is 15.5 Å². The van der Waals surface area contributed by atoms with Gasteiger partial charge in [-0.05, 0) is 56.7 Å². The van der Waals surface area contributed by atoms with E-state index in [1.54, 1.807) is 25.3 Å². The number of pyridine rings is 1. The maximum absolute atomic E-state index is 12.5. The minimum atomic E-state index is -0.357.